The van der Waals surface area contributed by atoms with E-state index in [0.29, 0.717) is 6.54 Å². The summed E-state index contributed by atoms with van der Waals surface area (Å²) in [4.78, 5) is 13.9. The molecule has 1 aromatic heterocycles. The molecule has 2 amide bonds. The summed E-state index contributed by atoms with van der Waals surface area (Å²) >= 11 is 1.63. The van der Waals surface area contributed by atoms with E-state index in [-0.39, 0.29) is 18.9 Å². The molecule has 0 radical (unpaired) electrons. The van der Waals surface area contributed by atoms with Crippen LogP contribution in [0.1, 0.15) is 24.1 Å². The summed E-state index contributed by atoms with van der Waals surface area (Å²) in [7, 11) is 1.79. The molecule has 22 heavy (non-hydrogen) atoms. The van der Waals surface area contributed by atoms with E-state index in [1.165, 1.54) is 0 Å². The van der Waals surface area contributed by atoms with Gasteiger partial charge in [0.15, 0.2) is 11.5 Å². The molecule has 0 unspecified atom stereocenters. The summed E-state index contributed by atoms with van der Waals surface area (Å²) in [6.45, 7) is 2.81. The molecule has 0 fully saturated rings. The summed E-state index contributed by atoms with van der Waals surface area (Å²) in [6.07, 6.45) is 0. The standard InChI is InChI=1S/C16H18N2O3S/c1-11(13-3-4-14-15(7-13)21-10-20-14)17-16(19)18(2)8-12-5-6-22-9-12/h3-7,9,11H,8,10H2,1-2H3,(H,17,19)/t11-/m0/s1. The van der Waals surface area contributed by atoms with E-state index in [1.54, 1.807) is 23.3 Å². The zero-order valence-electron chi connectivity index (χ0n) is 12.5. The van der Waals surface area contributed by atoms with Crippen LogP contribution in [0.5, 0.6) is 11.5 Å². The third-order valence-corrected chi connectivity index (χ3v) is 4.32. The number of urea groups is 1. The molecule has 116 valence electrons. The molecular formula is C16H18N2O3S. The zero-order chi connectivity index (χ0) is 15.5. The maximum atomic E-state index is 12.2. The molecule has 0 saturated heterocycles. The van der Waals surface area contributed by atoms with Crippen molar-refractivity contribution in [2.75, 3.05) is 13.8 Å². The van der Waals surface area contributed by atoms with Crippen LogP contribution in [0.15, 0.2) is 35.0 Å². The highest BCUT2D eigenvalue weighted by atomic mass is 32.1. The average molecular weight is 318 g/mol. The Balaban J connectivity index is 1.61. The number of nitrogens with one attached hydrogen (secondary N) is 1. The molecule has 0 spiro atoms. The lowest BCUT2D eigenvalue weighted by Gasteiger charge is -2.21. The minimum absolute atomic E-state index is 0.101. The number of rotatable bonds is 4. The first-order valence-electron chi connectivity index (χ1n) is 7.06. The molecule has 0 aliphatic carbocycles. The Bertz CT molecular complexity index is 657. The molecule has 1 aromatic carbocycles. The fourth-order valence-corrected chi connectivity index (χ4v) is 2.95. The molecule has 3 rings (SSSR count). The van der Waals surface area contributed by atoms with Crippen molar-refractivity contribution >= 4 is 17.4 Å². The van der Waals surface area contributed by atoms with Gasteiger partial charge in [0, 0.05) is 13.6 Å². The van der Waals surface area contributed by atoms with Crippen molar-refractivity contribution < 1.29 is 14.3 Å². The van der Waals surface area contributed by atoms with Crippen LogP contribution in [0.2, 0.25) is 0 Å². The van der Waals surface area contributed by atoms with Gasteiger partial charge in [-0.3, -0.25) is 0 Å². The molecule has 0 bridgehead atoms. The minimum Gasteiger partial charge on any atom is -0.454 e. The zero-order valence-corrected chi connectivity index (χ0v) is 13.4. The highest BCUT2D eigenvalue weighted by molar-refractivity contribution is 7.07. The van der Waals surface area contributed by atoms with Crippen molar-refractivity contribution in [3.63, 3.8) is 0 Å². The SMILES string of the molecule is C[C@H](NC(=O)N(C)Cc1ccsc1)c1ccc2c(c1)OCO2. The van der Waals surface area contributed by atoms with E-state index in [0.717, 1.165) is 22.6 Å². The average Bonchev–Trinajstić information content (AvgIpc) is 3.16. The van der Waals surface area contributed by atoms with Crippen molar-refractivity contribution in [2.45, 2.75) is 19.5 Å². The van der Waals surface area contributed by atoms with Crippen molar-refractivity contribution in [2.24, 2.45) is 0 Å². The van der Waals surface area contributed by atoms with Gasteiger partial charge in [-0.1, -0.05) is 6.07 Å². The van der Waals surface area contributed by atoms with Crippen LogP contribution >= 0.6 is 11.3 Å². The number of nitrogens with zero attached hydrogens (tertiary/aromatic N) is 1. The van der Waals surface area contributed by atoms with E-state index in [9.17, 15) is 4.79 Å². The number of carbonyl (C=O) groups excluding carboxylic acids is 1. The molecule has 1 aliphatic heterocycles. The fourth-order valence-electron chi connectivity index (χ4n) is 2.29. The number of benzene rings is 1. The van der Waals surface area contributed by atoms with E-state index < -0.39 is 0 Å². The molecule has 6 heteroatoms. The summed E-state index contributed by atoms with van der Waals surface area (Å²) < 4.78 is 10.7. The van der Waals surface area contributed by atoms with Crippen LogP contribution in [0.4, 0.5) is 4.79 Å². The van der Waals surface area contributed by atoms with Gasteiger partial charge in [-0.05, 0) is 47.0 Å². The van der Waals surface area contributed by atoms with E-state index in [1.807, 2.05) is 41.9 Å². The molecule has 1 N–H and O–H groups in total. The van der Waals surface area contributed by atoms with Crippen LogP contribution < -0.4 is 14.8 Å². The highest BCUT2D eigenvalue weighted by Gasteiger charge is 2.18. The Kier molecular flexibility index (Phi) is 4.20. The van der Waals surface area contributed by atoms with Crippen LogP contribution in [0.3, 0.4) is 0 Å². The van der Waals surface area contributed by atoms with Crippen molar-refractivity contribution in [3.05, 3.63) is 46.2 Å². The number of thiophene rings is 1. The van der Waals surface area contributed by atoms with Crippen LogP contribution in [0, 0.1) is 0 Å². The Morgan fingerprint density at radius 3 is 2.95 bits per heavy atom. The lowest BCUT2D eigenvalue weighted by molar-refractivity contribution is 0.174. The van der Waals surface area contributed by atoms with Gasteiger partial charge in [0.05, 0.1) is 6.04 Å². The fraction of sp³-hybridized carbons (Fsp3) is 0.312. The first kappa shape index (κ1) is 14.7. The maximum Gasteiger partial charge on any atom is 0.317 e. The van der Waals surface area contributed by atoms with Crippen molar-refractivity contribution in [3.8, 4) is 11.5 Å². The van der Waals surface area contributed by atoms with Crippen LogP contribution in [-0.4, -0.2) is 24.8 Å². The largest absolute Gasteiger partial charge is 0.454 e. The molecule has 2 heterocycles. The molecule has 0 saturated carbocycles. The van der Waals surface area contributed by atoms with E-state index in [2.05, 4.69) is 5.32 Å². The van der Waals surface area contributed by atoms with Gasteiger partial charge in [-0.25, -0.2) is 4.79 Å². The number of carbonyl (C=O) groups is 1. The summed E-state index contributed by atoms with van der Waals surface area (Å²) in [5.41, 5.74) is 2.12. The molecular weight excluding hydrogens is 300 g/mol. The van der Waals surface area contributed by atoms with Gasteiger partial charge >= 0.3 is 6.03 Å². The van der Waals surface area contributed by atoms with Gasteiger partial charge < -0.3 is 19.7 Å². The number of hydrogen-bond acceptors (Lipinski definition) is 4. The van der Waals surface area contributed by atoms with Crippen molar-refractivity contribution in [1.29, 1.82) is 0 Å². The molecule has 5 nitrogen and oxygen atoms in total. The van der Waals surface area contributed by atoms with Gasteiger partial charge in [-0.2, -0.15) is 11.3 Å². The third-order valence-electron chi connectivity index (χ3n) is 3.58. The Morgan fingerprint density at radius 1 is 1.36 bits per heavy atom. The first-order chi connectivity index (χ1) is 10.6. The van der Waals surface area contributed by atoms with Crippen LogP contribution in [-0.2, 0) is 6.54 Å². The second kappa shape index (κ2) is 6.27. The number of ether oxygens (including phenoxy) is 2. The number of amides is 2. The summed E-state index contributed by atoms with van der Waals surface area (Å²) in [5, 5.41) is 7.05. The number of hydrogen-bond donors (Lipinski definition) is 1. The predicted octanol–water partition coefficient (Wildman–Crippen LogP) is 3.38. The lowest BCUT2D eigenvalue weighted by Crippen LogP contribution is -2.38. The van der Waals surface area contributed by atoms with Crippen molar-refractivity contribution in [1.82, 2.24) is 10.2 Å². The Labute approximate surface area is 133 Å². The minimum atomic E-state index is -0.105. The topological polar surface area (TPSA) is 50.8 Å². The summed E-state index contributed by atoms with van der Waals surface area (Å²) in [5.74, 6) is 1.47. The Hall–Kier alpha value is -2.21. The lowest BCUT2D eigenvalue weighted by atomic mass is 10.1. The monoisotopic (exact) mass is 318 g/mol. The Morgan fingerprint density at radius 2 is 2.18 bits per heavy atom. The predicted molar refractivity (Wildman–Crippen MR) is 85.3 cm³/mol. The normalized spacial score (nSPS) is 13.7. The van der Waals surface area contributed by atoms with E-state index in [4.69, 9.17) is 9.47 Å². The van der Waals surface area contributed by atoms with E-state index >= 15 is 0 Å². The summed E-state index contributed by atoms with van der Waals surface area (Å²) in [6, 6.07) is 7.54. The maximum absolute atomic E-state index is 12.2. The van der Waals surface area contributed by atoms with Crippen LogP contribution in [0.25, 0.3) is 0 Å². The highest BCUT2D eigenvalue weighted by Crippen LogP contribution is 2.34. The number of fused-ring (bicyclic) bond motifs is 1. The first-order valence-corrected chi connectivity index (χ1v) is 8.00. The smallest absolute Gasteiger partial charge is 0.317 e. The quantitative estimate of drug-likeness (QED) is 0.940. The second-order valence-corrected chi connectivity index (χ2v) is 6.05. The third kappa shape index (κ3) is 3.17. The van der Waals surface area contributed by atoms with Gasteiger partial charge in [0.1, 0.15) is 0 Å². The molecule has 2 aromatic rings. The van der Waals surface area contributed by atoms with Gasteiger partial charge in [0.2, 0.25) is 6.79 Å². The molecule has 1 aliphatic rings. The molecule has 1 atom stereocenters. The van der Waals surface area contributed by atoms with Gasteiger partial charge in [0.25, 0.3) is 0 Å². The second-order valence-electron chi connectivity index (χ2n) is 5.27. The van der Waals surface area contributed by atoms with Gasteiger partial charge in [-0.15, -0.1) is 0 Å².